The van der Waals surface area contributed by atoms with Gasteiger partial charge in [0, 0.05) is 19.2 Å². The van der Waals surface area contributed by atoms with E-state index in [2.05, 4.69) is 5.32 Å². The average molecular weight is 520 g/mol. The smallest absolute Gasteiger partial charge is 0.331 e. The van der Waals surface area contributed by atoms with Gasteiger partial charge >= 0.3 is 6.03 Å². The maximum Gasteiger partial charge on any atom is 0.331 e. The van der Waals surface area contributed by atoms with Crippen molar-refractivity contribution in [1.29, 1.82) is 0 Å². The van der Waals surface area contributed by atoms with Crippen molar-refractivity contribution in [2.24, 2.45) is 5.41 Å². The summed E-state index contributed by atoms with van der Waals surface area (Å²) < 4.78 is 1.47. The normalized spacial score (nSPS) is 22.0. The Morgan fingerprint density at radius 1 is 0.974 bits per heavy atom. The van der Waals surface area contributed by atoms with E-state index in [0.717, 1.165) is 27.2 Å². The number of hydrogen-bond donors (Lipinski definition) is 1. The molecule has 1 spiro atoms. The molecular weight excluding hydrogens is 494 g/mol. The molecule has 0 saturated carbocycles. The quantitative estimate of drug-likeness (QED) is 0.409. The largest absolute Gasteiger partial charge is 0.347 e. The lowest BCUT2D eigenvalue weighted by Crippen LogP contribution is -2.70. The van der Waals surface area contributed by atoms with Crippen LogP contribution in [0.3, 0.4) is 0 Å². The van der Waals surface area contributed by atoms with Crippen LogP contribution in [0.25, 0.3) is 5.65 Å². The van der Waals surface area contributed by atoms with Gasteiger partial charge in [-0.25, -0.2) is 9.78 Å². The zero-order valence-electron chi connectivity index (χ0n) is 21.3. The number of aryl methyl sites for hydroxylation is 1. The zero-order chi connectivity index (χ0) is 26.9. The molecule has 0 unspecified atom stereocenters. The number of amides is 4. The number of fused-ring (bicyclic) bond motifs is 7. The first-order chi connectivity index (χ1) is 18.9. The first kappa shape index (κ1) is 23.3. The van der Waals surface area contributed by atoms with Gasteiger partial charge in [-0.1, -0.05) is 60.7 Å². The van der Waals surface area contributed by atoms with Gasteiger partial charge in [-0.3, -0.25) is 29.0 Å². The van der Waals surface area contributed by atoms with Crippen molar-refractivity contribution in [2.45, 2.75) is 32.4 Å². The van der Waals surface area contributed by atoms with Crippen LogP contribution in [0.15, 0.2) is 77.7 Å². The van der Waals surface area contributed by atoms with E-state index in [-0.39, 0.29) is 18.5 Å². The van der Waals surface area contributed by atoms with Crippen molar-refractivity contribution in [3.05, 3.63) is 111 Å². The Bertz CT molecular complexity index is 1760. The highest BCUT2D eigenvalue weighted by atomic mass is 16.2. The van der Waals surface area contributed by atoms with Crippen LogP contribution in [-0.2, 0) is 29.0 Å². The number of hydrogen-bond acceptors (Lipinski definition) is 6. The molecule has 4 amide bonds. The number of benzene rings is 2. The predicted molar refractivity (Wildman–Crippen MR) is 143 cm³/mol. The number of pyridine rings is 1. The van der Waals surface area contributed by atoms with Crippen LogP contribution in [0.4, 0.5) is 10.6 Å². The van der Waals surface area contributed by atoms with E-state index in [1.165, 1.54) is 4.40 Å². The summed E-state index contributed by atoms with van der Waals surface area (Å²) in [6, 6.07) is 19.1. The number of rotatable bonds is 2. The van der Waals surface area contributed by atoms with E-state index in [0.29, 0.717) is 30.0 Å². The van der Waals surface area contributed by atoms with Crippen LogP contribution < -0.4 is 15.8 Å². The number of imide groups is 2. The Morgan fingerprint density at radius 2 is 1.74 bits per heavy atom. The van der Waals surface area contributed by atoms with Gasteiger partial charge in [0.2, 0.25) is 11.8 Å². The number of aromatic nitrogens is 2. The van der Waals surface area contributed by atoms with Crippen LogP contribution in [0, 0.1) is 12.3 Å². The number of nitrogens with one attached hydrogen (secondary N) is 1. The first-order valence-corrected chi connectivity index (χ1v) is 13.0. The summed E-state index contributed by atoms with van der Waals surface area (Å²) in [6.45, 7) is 2.38. The number of carbonyl (C=O) groups is 3. The molecule has 1 fully saturated rings. The van der Waals surface area contributed by atoms with Crippen molar-refractivity contribution in [2.75, 3.05) is 11.4 Å². The average Bonchev–Trinajstić information content (AvgIpc) is 2.95. The summed E-state index contributed by atoms with van der Waals surface area (Å²) in [6.07, 6.45) is 2.15. The van der Waals surface area contributed by atoms with E-state index in [1.807, 2.05) is 72.5 Å². The first-order valence-electron chi connectivity index (χ1n) is 13.0. The summed E-state index contributed by atoms with van der Waals surface area (Å²) in [4.78, 5) is 63.4. The molecule has 9 nitrogen and oxygen atoms in total. The molecule has 0 aliphatic carbocycles. The molecule has 9 heteroatoms. The minimum atomic E-state index is -1.73. The highest BCUT2D eigenvalue weighted by Gasteiger charge is 2.64. The fourth-order valence-corrected chi connectivity index (χ4v) is 6.43. The molecule has 1 N–H and O–H groups in total. The monoisotopic (exact) mass is 519 g/mol. The van der Waals surface area contributed by atoms with Crippen LogP contribution in [-0.4, -0.2) is 38.7 Å². The Kier molecular flexibility index (Phi) is 5.00. The minimum absolute atomic E-state index is 0.00983. The highest BCUT2D eigenvalue weighted by molar-refractivity contribution is 6.20. The minimum Gasteiger partial charge on any atom is -0.347 e. The van der Waals surface area contributed by atoms with Gasteiger partial charge < -0.3 is 4.90 Å². The standard InChI is InChI=1S/C30H25N5O4/c1-18-8-7-14-34-24(18)31-25-22(26(34)36)16-30(23-21-12-6-5-11-20(21)13-15-33(23)25)27(37)32-29(39)35(28(30)38)17-19-9-3-2-4-10-19/h2-12,14,23H,13,15-17H2,1H3,(H,32,37,39)/t23-,30+/m1/s1. The van der Waals surface area contributed by atoms with Crippen molar-refractivity contribution >= 4 is 29.3 Å². The molecule has 4 aromatic rings. The molecule has 3 aliphatic heterocycles. The second-order valence-electron chi connectivity index (χ2n) is 10.4. The molecule has 2 aromatic heterocycles. The van der Waals surface area contributed by atoms with E-state index >= 15 is 0 Å². The molecule has 2 aromatic carbocycles. The van der Waals surface area contributed by atoms with Gasteiger partial charge in [-0.15, -0.1) is 0 Å². The number of barbiturate groups is 1. The molecule has 0 bridgehead atoms. The fraction of sp³-hybridized carbons (Fsp3) is 0.233. The predicted octanol–water partition coefficient (Wildman–Crippen LogP) is 2.93. The maximum atomic E-state index is 14.5. The summed E-state index contributed by atoms with van der Waals surface area (Å²) in [5.41, 5.74) is 2.25. The van der Waals surface area contributed by atoms with E-state index in [9.17, 15) is 19.2 Å². The van der Waals surface area contributed by atoms with Crippen molar-refractivity contribution in [3.8, 4) is 0 Å². The van der Waals surface area contributed by atoms with Gasteiger partial charge in [0.05, 0.1) is 18.2 Å². The SMILES string of the molecule is Cc1cccn2c(=O)c3c(nc12)N1CCc2ccccc2[C@@H]1[C@@]1(C3)C(=O)NC(=O)N(Cc2ccccc2)C1=O. The van der Waals surface area contributed by atoms with Gasteiger partial charge in [0.1, 0.15) is 11.5 Å². The number of carbonyl (C=O) groups excluding carboxylic acids is 3. The van der Waals surface area contributed by atoms with Crippen molar-refractivity contribution in [3.63, 3.8) is 0 Å². The summed E-state index contributed by atoms with van der Waals surface area (Å²) >= 11 is 0. The molecule has 1 saturated heterocycles. The topological polar surface area (TPSA) is 104 Å². The van der Waals surface area contributed by atoms with Crippen LogP contribution in [0.2, 0.25) is 0 Å². The Morgan fingerprint density at radius 3 is 2.56 bits per heavy atom. The second-order valence-corrected chi connectivity index (χ2v) is 10.4. The van der Waals surface area contributed by atoms with Crippen molar-refractivity contribution < 1.29 is 14.4 Å². The van der Waals surface area contributed by atoms with Crippen LogP contribution >= 0.6 is 0 Å². The Balaban J connectivity index is 1.48. The number of urea groups is 1. The van der Waals surface area contributed by atoms with Gasteiger partial charge in [-0.05, 0) is 41.7 Å². The third-order valence-electron chi connectivity index (χ3n) is 8.28. The van der Waals surface area contributed by atoms with Gasteiger partial charge in [0.15, 0.2) is 5.41 Å². The molecule has 2 atom stereocenters. The maximum absolute atomic E-state index is 14.5. The van der Waals surface area contributed by atoms with Gasteiger partial charge in [-0.2, -0.15) is 0 Å². The van der Waals surface area contributed by atoms with Crippen LogP contribution in [0.5, 0.6) is 0 Å². The summed E-state index contributed by atoms with van der Waals surface area (Å²) in [5, 5.41) is 2.47. The molecule has 3 aliphatic rings. The highest BCUT2D eigenvalue weighted by Crippen LogP contribution is 2.52. The lowest BCUT2D eigenvalue weighted by Gasteiger charge is -2.53. The van der Waals surface area contributed by atoms with E-state index in [1.54, 1.807) is 12.3 Å². The van der Waals surface area contributed by atoms with Gasteiger partial charge in [0.25, 0.3) is 5.56 Å². The zero-order valence-corrected chi connectivity index (χ0v) is 21.3. The second kappa shape index (κ2) is 8.36. The van der Waals surface area contributed by atoms with Crippen molar-refractivity contribution in [1.82, 2.24) is 19.6 Å². The summed E-state index contributed by atoms with van der Waals surface area (Å²) in [7, 11) is 0. The molecule has 7 rings (SSSR count). The molecular formula is C30H25N5O4. The lowest BCUT2D eigenvalue weighted by atomic mass is 9.65. The van der Waals surface area contributed by atoms with E-state index < -0.39 is 29.3 Å². The third-order valence-corrected chi connectivity index (χ3v) is 8.28. The lowest BCUT2D eigenvalue weighted by molar-refractivity contribution is -0.154. The fourth-order valence-electron chi connectivity index (χ4n) is 6.43. The summed E-state index contributed by atoms with van der Waals surface area (Å²) in [5.74, 6) is -0.800. The Hall–Kier alpha value is -4.79. The molecule has 5 heterocycles. The Labute approximate surface area is 223 Å². The molecule has 194 valence electrons. The molecule has 39 heavy (non-hydrogen) atoms. The molecule has 0 radical (unpaired) electrons. The van der Waals surface area contributed by atoms with Crippen LogP contribution in [0.1, 0.15) is 33.9 Å². The van der Waals surface area contributed by atoms with E-state index in [4.69, 9.17) is 4.98 Å². The third kappa shape index (κ3) is 3.22. The number of nitrogens with zero attached hydrogens (tertiary/aromatic N) is 4. The number of anilines is 1.